The fourth-order valence-electron chi connectivity index (χ4n) is 2.56. The van der Waals surface area contributed by atoms with Crippen molar-refractivity contribution in [3.8, 4) is 0 Å². The van der Waals surface area contributed by atoms with Crippen molar-refractivity contribution in [1.82, 2.24) is 14.9 Å². The van der Waals surface area contributed by atoms with E-state index in [2.05, 4.69) is 14.9 Å². The van der Waals surface area contributed by atoms with Crippen molar-refractivity contribution in [2.45, 2.75) is 37.8 Å². The molecule has 1 aromatic rings. The molecule has 1 aliphatic carbocycles. The minimum absolute atomic E-state index is 0.0820. The molecule has 4 heteroatoms. The third-order valence-corrected chi connectivity index (χ3v) is 3.67. The lowest BCUT2D eigenvalue weighted by molar-refractivity contribution is 0.168. The van der Waals surface area contributed by atoms with E-state index in [1.807, 2.05) is 26.4 Å². The van der Waals surface area contributed by atoms with Gasteiger partial charge in [-0.15, -0.1) is 0 Å². The number of aryl methyl sites for hydroxylation is 1. The zero-order chi connectivity index (χ0) is 10.9. The topological polar surface area (TPSA) is 50.1 Å². The summed E-state index contributed by atoms with van der Waals surface area (Å²) in [5, 5.41) is 12.7. The molecule has 0 amide bonds. The molecule has 0 radical (unpaired) electrons. The molecule has 2 N–H and O–H groups in total. The summed E-state index contributed by atoms with van der Waals surface area (Å²) in [5.74, 6) is 1.06. The van der Waals surface area contributed by atoms with Crippen molar-refractivity contribution < 1.29 is 5.11 Å². The Labute approximate surface area is 90.3 Å². The van der Waals surface area contributed by atoms with Gasteiger partial charge in [0.05, 0.1) is 6.61 Å². The normalized spacial score (nSPS) is 31.0. The Bertz CT molecular complexity index is 330. The lowest BCUT2D eigenvalue weighted by Crippen LogP contribution is -2.44. The molecule has 0 spiro atoms. The zero-order valence-electron chi connectivity index (χ0n) is 9.40. The first-order chi connectivity index (χ1) is 7.21. The summed E-state index contributed by atoms with van der Waals surface area (Å²) in [6, 6.07) is 0.479. The van der Waals surface area contributed by atoms with Crippen LogP contribution < -0.4 is 5.32 Å². The van der Waals surface area contributed by atoms with Crippen LogP contribution in [0.5, 0.6) is 0 Å². The Morgan fingerprint density at radius 1 is 1.73 bits per heavy atom. The number of aliphatic hydroxyl groups excluding tert-OH is 1. The maximum atomic E-state index is 9.41. The van der Waals surface area contributed by atoms with E-state index < -0.39 is 0 Å². The molecule has 2 atom stereocenters. The summed E-state index contributed by atoms with van der Waals surface area (Å²) in [4.78, 5) is 4.24. The second kappa shape index (κ2) is 3.94. The number of likely N-dealkylation sites (N-methyl/N-ethyl adjacent to an activating group) is 1. The van der Waals surface area contributed by atoms with Gasteiger partial charge in [-0.25, -0.2) is 4.98 Å². The molecule has 0 aliphatic heterocycles. The summed E-state index contributed by atoms with van der Waals surface area (Å²) in [6.07, 6.45) is 6.99. The van der Waals surface area contributed by atoms with Gasteiger partial charge in [-0.05, 0) is 33.2 Å². The largest absolute Gasteiger partial charge is 0.394 e. The summed E-state index contributed by atoms with van der Waals surface area (Å²) >= 11 is 0. The van der Waals surface area contributed by atoms with Crippen LogP contribution in [0.4, 0.5) is 0 Å². The monoisotopic (exact) mass is 209 g/mol. The molecule has 1 aromatic heterocycles. The number of rotatable bonds is 3. The molecule has 0 saturated heterocycles. The molecule has 0 aromatic carbocycles. The summed E-state index contributed by atoms with van der Waals surface area (Å²) < 4.78 is 2.22. The smallest absolute Gasteiger partial charge is 0.105 e. The van der Waals surface area contributed by atoms with E-state index in [0.717, 1.165) is 25.1 Å². The van der Waals surface area contributed by atoms with E-state index in [4.69, 9.17) is 0 Å². The number of aromatic nitrogens is 2. The van der Waals surface area contributed by atoms with Crippen molar-refractivity contribution in [1.29, 1.82) is 0 Å². The molecular formula is C11H19N3O. The van der Waals surface area contributed by atoms with Crippen molar-refractivity contribution in [2.24, 2.45) is 0 Å². The lowest BCUT2D eigenvalue weighted by Gasteiger charge is -2.26. The van der Waals surface area contributed by atoms with Crippen LogP contribution in [0.15, 0.2) is 12.4 Å². The maximum Gasteiger partial charge on any atom is 0.105 e. The van der Waals surface area contributed by atoms with Gasteiger partial charge in [0, 0.05) is 24.0 Å². The fourth-order valence-corrected chi connectivity index (χ4v) is 2.56. The van der Waals surface area contributed by atoms with Crippen molar-refractivity contribution in [3.05, 3.63) is 18.2 Å². The molecular weight excluding hydrogens is 190 g/mol. The van der Waals surface area contributed by atoms with E-state index in [9.17, 15) is 5.11 Å². The Kier molecular flexibility index (Phi) is 2.80. The fraction of sp³-hybridized carbons (Fsp3) is 0.727. The standard InChI is InChI=1S/C11H19N3O/c1-9-13-5-6-14(9)10-3-4-11(7-10,8-15)12-2/h5-6,10,12,15H,3-4,7-8H2,1-2H3. The zero-order valence-corrected chi connectivity index (χ0v) is 9.40. The summed E-state index contributed by atoms with van der Waals surface area (Å²) in [7, 11) is 1.93. The highest BCUT2D eigenvalue weighted by molar-refractivity contribution is 5.01. The highest BCUT2D eigenvalue weighted by Gasteiger charge is 2.38. The average molecular weight is 209 g/mol. The lowest BCUT2D eigenvalue weighted by atomic mass is 9.99. The highest BCUT2D eigenvalue weighted by atomic mass is 16.3. The number of aliphatic hydroxyl groups is 1. The van der Waals surface area contributed by atoms with Gasteiger partial charge >= 0.3 is 0 Å². The van der Waals surface area contributed by atoms with Crippen LogP contribution in [-0.2, 0) is 0 Å². The number of nitrogens with one attached hydrogen (secondary N) is 1. The van der Waals surface area contributed by atoms with Gasteiger partial charge in [-0.1, -0.05) is 0 Å². The van der Waals surface area contributed by atoms with E-state index in [0.29, 0.717) is 6.04 Å². The van der Waals surface area contributed by atoms with Crippen LogP contribution in [0.25, 0.3) is 0 Å². The third kappa shape index (κ3) is 1.79. The first-order valence-corrected chi connectivity index (χ1v) is 5.50. The molecule has 15 heavy (non-hydrogen) atoms. The van der Waals surface area contributed by atoms with Gasteiger partial charge in [0.1, 0.15) is 5.82 Å². The van der Waals surface area contributed by atoms with E-state index in [1.54, 1.807) is 0 Å². The average Bonchev–Trinajstić information content (AvgIpc) is 2.84. The van der Waals surface area contributed by atoms with E-state index >= 15 is 0 Å². The van der Waals surface area contributed by atoms with Gasteiger partial charge in [0.15, 0.2) is 0 Å². The van der Waals surface area contributed by atoms with Crippen molar-refractivity contribution in [2.75, 3.05) is 13.7 Å². The van der Waals surface area contributed by atoms with Crippen molar-refractivity contribution in [3.63, 3.8) is 0 Å². The Morgan fingerprint density at radius 2 is 2.53 bits per heavy atom. The van der Waals surface area contributed by atoms with Crippen LogP contribution in [0.2, 0.25) is 0 Å². The summed E-state index contributed by atoms with van der Waals surface area (Å²) in [5.41, 5.74) is -0.0820. The predicted molar refractivity (Wildman–Crippen MR) is 58.7 cm³/mol. The van der Waals surface area contributed by atoms with Crippen LogP contribution >= 0.6 is 0 Å². The molecule has 1 saturated carbocycles. The first kappa shape index (κ1) is 10.6. The maximum absolute atomic E-state index is 9.41. The van der Waals surface area contributed by atoms with Crippen LogP contribution in [0.3, 0.4) is 0 Å². The third-order valence-electron chi connectivity index (χ3n) is 3.67. The summed E-state index contributed by atoms with van der Waals surface area (Å²) in [6.45, 7) is 2.24. The van der Waals surface area contributed by atoms with Crippen LogP contribution in [-0.4, -0.2) is 33.9 Å². The van der Waals surface area contributed by atoms with Gasteiger partial charge in [0.2, 0.25) is 0 Å². The minimum Gasteiger partial charge on any atom is -0.394 e. The molecule has 84 valence electrons. The van der Waals surface area contributed by atoms with Crippen LogP contribution in [0.1, 0.15) is 31.1 Å². The molecule has 1 heterocycles. The minimum atomic E-state index is -0.0820. The van der Waals surface area contributed by atoms with E-state index in [-0.39, 0.29) is 12.1 Å². The Morgan fingerprint density at radius 3 is 3.00 bits per heavy atom. The number of hydrogen-bond acceptors (Lipinski definition) is 3. The number of hydrogen-bond donors (Lipinski definition) is 2. The first-order valence-electron chi connectivity index (χ1n) is 5.50. The molecule has 0 bridgehead atoms. The quantitative estimate of drug-likeness (QED) is 0.776. The number of nitrogens with zero attached hydrogens (tertiary/aromatic N) is 2. The molecule has 1 fully saturated rings. The van der Waals surface area contributed by atoms with Gasteiger partial charge in [0.25, 0.3) is 0 Å². The molecule has 1 aliphatic rings. The van der Waals surface area contributed by atoms with Crippen LogP contribution in [0, 0.1) is 6.92 Å². The number of imidazole rings is 1. The van der Waals surface area contributed by atoms with Crippen molar-refractivity contribution >= 4 is 0 Å². The molecule has 2 unspecified atom stereocenters. The SMILES string of the molecule is CNC1(CO)CCC(n2ccnc2C)C1. The highest BCUT2D eigenvalue weighted by Crippen LogP contribution is 2.37. The van der Waals surface area contributed by atoms with Gasteiger partial charge < -0.3 is 15.0 Å². The predicted octanol–water partition coefficient (Wildman–Crippen LogP) is 0.867. The van der Waals surface area contributed by atoms with Gasteiger partial charge in [-0.3, -0.25) is 0 Å². The van der Waals surface area contributed by atoms with E-state index in [1.165, 1.54) is 0 Å². The van der Waals surface area contributed by atoms with Gasteiger partial charge in [-0.2, -0.15) is 0 Å². The Balaban J connectivity index is 2.13. The molecule has 4 nitrogen and oxygen atoms in total. The molecule has 2 rings (SSSR count). The second-order valence-corrected chi connectivity index (χ2v) is 4.47. The second-order valence-electron chi connectivity index (χ2n) is 4.47. The Hall–Kier alpha value is -0.870.